The van der Waals surface area contributed by atoms with Crippen molar-refractivity contribution in [2.45, 2.75) is 31.3 Å². The number of benzene rings is 3. The normalized spacial score (nSPS) is 11.5. The van der Waals surface area contributed by atoms with Gasteiger partial charge in [0.25, 0.3) is 5.91 Å². The van der Waals surface area contributed by atoms with Crippen molar-refractivity contribution < 1.29 is 14.3 Å². The Bertz CT molecular complexity index is 990. The van der Waals surface area contributed by atoms with Crippen molar-refractivity contribution in [2.75, 3.05) is 11.1 Å². The summed E-state index contributed by atoms with van der Waals surface area (Å²) in [6, 6.07) is 24.8. The number of nitrogens with one attached hydrogen (secondary N) is 1. The summed E-state index contributed by atoms with van der Waals surface area (Å²) in [5.74, 6) is -0.175. The Hall–Kier alpha value is -3.05. The summed E-state index contributed by atoms with van der Waals surface area (Å²) in [7, 11) is 0. The van der Waals surface area contributed by atoms with E-state index in [1.165, 1.54) is 0 Å². The Morgan fingerprint density at radius 3 is 2.30 bits per heavy atom. The van der Waals surface area contributed by atoms with Gasteiger partial charge < -0.3 is 10.1 Å². The van der Waals surface area contributed by atoms with Gasteiger partial charge in [0.2, 0.25) is 6.10 Å². The lowest BCUT2D eigenvalue weighted by Crippen LogP contribution is -2.26. The Kier molecular flexibility index (Phi) is 7.69. The third-order valence-electron chi connectivity index (χ3n) is 4.56. The zero-order valence-corrected chi connectivity index (χ0v) is 17.9. The molecule has 0 fully saturated rings. The summed E-state index contributed by atoms with van der Waals surface area (Å²) < 4.78 is 5.61. The minimum absolute atomic E-state index is 0.222. The van der Waals surface area contributed by atoms with Crippen molar-refractivity contribution >= 4 is 29.3 Å². The number of aryl methyl sites for hydroxylation is 2. The van der Waals surface area contributed by atoms with Crippen LogP contribution in [0, 0.1) is 13.8 Å². The maximum Gasteiger partial charge on any atom is 0.307 e. The molecular weight excluding hydrogens is 394 g/mol. The lowest BCUT2D eigenvalue weighted by atomic mass is 10.1. The molecule has 1 amide bonds. The van der Waals surface area contributed by atoms with E-state index in [0.29, 0.717) is 11.3 Å². The molecule has 0 unspecified atom stereocenters. The standard InChI is InChI=1S/C25H25NO3S/c1-18-13-14-19(2)22(17-18)26-25(28)24(20-9-5-3-6-10-20)29-23(27)15-16-30-21-11-7-4-8-12-21/h3-14,17,24H,15-16H2,1-2H3,(H,26,28)/t24-/m0/s1. The predicted octanol–water partition coefficient (Wildman–Crippen LogP) is 5.71. The molecule has 1 N–H and O–H groups in total. The Labute approximate surface area is 181 Å². The number of rotatable bonds is 8. The van der Waals surface area contributed by atoms with Crippen molar-refractivity contribution in [1.29, 1.82) is 0 Å². The second-order valence-electron chi connectivity index (χ2n) is 7.00. The quantitative estimate of drug-likeness (QED) is 0.375. The van der Waals surface area contributed by atoms with Gasteiger partial charge in [-0.05, 0) is 43.2 Å². The van der Waals surface area contributed by atoms with E-state index in [0.717, 1.165) is 21.7 Å². The highest BCUT2D eigenvalue weighted by atomic mass is 32.2. The number of anilines is 1. The first-order valence-corrected chi connectivity index (χ1v) is 10.8. The summed E-state index contributed by atoms with van der Waals surface area (Å²) in [4.78, 5) is 26.6. The van der Waals surface area contributed by atoms with Gasteiger partial charge in [-0.25, -0.2) is 0 Å². The first-order valence-electron chi connectivity index (χ1n) is 9.83. The van der Waals surface area contributed by atoms with E-state index >= 15 is 0 Å². The van der Waals surface area contributed by atoms with Crippen molar-refractivity contribution in [1.82, 2.24) is 0 Å². The first-order chi connectivity index (χ1) is 14.5. The maximum atomic E-state index is 13.0. The van der Waals surface area contributed by atoms with Crippen LogP contribution in [0.5, 0.6) is 0 Å². The van der Waals surface area contributed by atoms with E-state index in [1.54, 1.807) is 23.9 Å². The molecule has 0 saturated carbocycles. The molecule has 0 bridgehead atoms. The fourth-order valence-electron chi connectivity index (χ4n) is 2.93. The average Bonchev–Trinajstić information content (AvgIpc) is 2.76. The first kappa shape index (κ1) is 21.7. The molecule has 3 aromatic rings. The number of thioether (sulfide) groups is 1. The van der Waals surface area contributed by atoms with Gasteiger partial charge in [-0.1, -0.05) is 60.7 Å². The highest BCUT2D eigenvalue weighted by molar-refractivity contribution is 7.99. The number of esters is 1. The van der Waals surface area contributed by atoms with E-state index in [1.807, 2.05) is 80.6 Å². The van der Waals surface area contributed by atoms with Gasteiger partial charge in [-0.3, -0.25) is 9.59 Å². The van der Waals surface area contributed by atoms with Crippen LogP contribution >= 0.6 is 11.8 Å². The molecule has 1 atom stereocenters. The molecule has 3 rings (SSSR count). The van der Waals surface area contributed by atoms with Gasteiger partial charge >= 0.3 is 5.97 Å². The second-order valence-corrected chi connectivity index (χ2v) is 8.17. The fraction of sp³-hybridized carbons (Fsp3) is 0.200. The number of ether oxygens (including phenoxy) is 1. The van der Waals surface area contributed by atoms with Gasteiger partial charge in [0.15, 0.2) is 0 Å². The summed E-state index contributed by atoms with van der Waals surface area (Å²) in [5, 5.41) is 2.92. The van der Waals surface area contributed by atoms with Gasteiger partial charge in [0.1, 0.15) is 0 Å². The molecule has 154 valence electrons. The SMILES string of the molecule is Cc1ccc(C)c(NC(=O)[C@@H](OC(=O)CCSc2ccccc2)c2ccccc2)c1. The lowest BCUT2D eigenvalue weighted by Gasteiger charge is -2.19. The minimum Gasteiger partial charge on any atom is -0.447 e. The summed E-state index contributed by atoms with van der Waals surface area (Å²) in [6.07, 6.45) is -0.778. The summed E-state index contributed by atoms with van der Waals surface area (Å²) >= 11 is 1.58. The molecule has 4 nitrogen and oxygen atoms in total. The molecule has 0 aliphatic heterocycles. The van der Waals surface area contributed by atoms with Gasteiger partial charge in [-0.2, -0.15) is 0 Å². The van der Waals surface area contributed by atoms with E-state index in [-0.39, 0.29) is 12.3 Å². The molecule has 0 aliphatic rings. The molecule has 5 heteroatoms. The van der Waals surface area contributed by atoms with Crippen LogP contribution in [-0.2, 0) is 14.3 Å². The van der Waals surface area contributed by atoms with Crippen LogP contribution in [0.2, 0.25) is 0 Å². The average molecular weight is 420 g/mol. The Balaban J connectivity index is 1.67. The Morgan fingerprint density at radius 1 is 0.933 bits per heavy atom. The molecular formula is C25H25NO3S. The number of carbonyl (C=O) groups excluding carboxylic acids is 2. The third kappa shape index (κ3) is 6.22. The Morgan fingerprint density at radius 2 is 1.60 bits per heavy atom. The summed E-state index contributed by atoms with van der Waals surface area (Å²) in [6.45, 7) is 3.90. The van der Waals surface area contributed by atoms with Crippen LogP contribution in [0.1, 0.15) is 29.2 Å². The van der Waals surface area contributed by atoms with Gasteiger partial charge in [-0.15, -0.1) is 11.8 Å². The predicted molar refractivity (Wildman–Crippen MR) is 122 cm³/mol. The van der Waals surface area contributed by atoms with E-state index in [4.69, 9.17) is 4.74 Å². The van der Waals surface area contributed by atoms with E-state index in [9.17, 15) is 9.59 Å². The molecule has 0 heterocycles. The highest BCUT2D eigenvalue weighted by Gasteiger charge is 2.25. The zero-order chi connectivity index (χ0) is 21.3. The van der Waals surface area contributed by atoms with Crippen molar-refractivity contribution in [3.63, 3.8) is 0 Å². The van der Waals surface area contributed by atoms with Crippen LogP contribution in [0.3, 0.4) is 0 Å². The monoisotopic (exact) mass is 419 g/mol. The van der Waals surface area contributed by atoms with Crippen LogP contribution in [-0.4, -0.2) is 17.6 Å². The fourth-order valence-corrected chi connectivity index (χ4v) is 3.78. The minimum atomic E-state index is -1.000. The number of amides is 1. The molecule has 0 radical (unpaired) electrons. The number of hydrogen-bond acceptors (Lipinski definition) is 4. The van der Waals surface area contributed by atoms with Gasteiger partial charge in [0.05, 0.1) is 6.42 Å². The lowest BCUT2D eigenvalue weighted by molar-refractivity contribution is -0.154. The molecule has 0 spiro atoms. The summed E-state index contributed by atoms with van der Waals surface area (Å²) in [5.41, 5.74) is 3.36. The zero-order valence-electron chi connectivity index (χ0n) is 17.1. The van der Waals surface area contributed by atoms with Crippen molar-refractivity contribution in [2.24, 2.45) is 0 Å². The molecule has 0 saturated heterocycles. The van der Waals surface area contributed by atoms with Crippen molar-refractivity contribution in [3.05, 3.63) is 95.6 Å². The largest absolute Gasteiger partial charge is 0.447 e. The number of carbonyl (C=O) groups is 2. The highest BCUT2D eigenvalue weighted by Crippen LogP contribution is 2.24. The smallest absolute Gasteiger partial charge is 0.307 e. The maximum absolute atomic E-state index is 13.0. The topological polar surface area (TPSA) is 55.4 Å². The van der Waals surface area contributed by atoms with E-state index in [2.05, 4.69) is 5.32 Å². The van der Waals surface area contributed by atoms with E-state index < -0.39 is 12.1 Å². The molecule has 3 aromatic carbocycles. The van der Waals surface area contributed by atoms with Crippen LogP contribution in [0.15, 0.2) is 83.8 Å². The molecule has 30 heavy (non-hydrogen) atoms. The number of hydrogen-bond donors (Lipinski definition) is 1. The third-order valence-corrected chi connectivity index (χ3v) is 5.57. The second kappa shape index (κ2) is 10.6. The van der Waals surface area contributed by atoms with Crippen molar-refractivity contribution in [3.8, 4) is 0 Å². The van der Waals surface area contributed by atoms with Gasteiger partial charge in [0, 0.05) is 21.9 Å². The van der Waals surface area contributed by atoms with Crippen LogP contribution < -0.4 is 5.32 Å². The molecule has 0 aliphatic carbocycles. The van der Waals surface area contributed by atoms with Crippen LogP contribution in [0.25, 0.3) is 0 Å². The van der Waals surface area contributed by atoms with Crippen LogP contribution in [0.4, 0.5) is 5.69 Å². The molecule has 0 aromatic heterocycles.